The van der Waals surface area contributed by atoms with Gasteiger partial charge >= 0.3 is 6.36 Å². The van der Waals surface area contributed by atoms with Crippen LogP contribution in [-0.4, -0.2) is 17.4 Å². The van der Waals surface area contributed by atoms with Crippen LogP contribution in [0.3, 0.4) is 0 Å². The Morgan fingerprint density at radius 2 is 1.77 bits per heavy atom. The van der Waals surface area contributed by atoms with Crippen LogP contribution in [-0.2, 0) is 6.54 Å². The van der Waals surface area contributed by atoms with Crippen LogP contribution >= 0.6 is 0 Å². The normalized spacial score (nSPS) is 11.2. The van der Waals surface area contributed by atoms with Crippen LogP contribution in [0.25, 0.3) is 11.3 Å². The minimum Gasteiger partial charge on any atom is -0.406 e. The van der Waals surface area contributed by atoms with E-state index >= 15 is 0 Å². The molecule has 5 nitrogen and oxygen atoms in total. The number of nitrogens with one attached hydrogen (secondary N) is 1. The van der Waals surface area contributed by atoms with Gasteiger partial charge in [0.2, 0.25) is 0 Å². The molecule has 134 valence electrons. The first-order valence-corrected chi connectivity index (χ1v) is 7.56. The molecule has 1 amide bonds. The molecule has 1 N–H and O–H groups in total. The number of alkyl halides is 3. The zero-order chi connectivity index (χ0) is 18.6. The number of carbonyl (C=O) groups excluding carboxylic acids is 1. The van der Waals surface area contributed by atoms with Crippen molar-refractivity contribution in [1.29, 1.82) is 0 Å². The first-order valence-electron chi connectivity index (χ1n) is 7.56. The summed E-state index contributed by atoms with van der Waals surface area (Å²) in [6.07, 6.45) is -4.77. The van der Waals surface area contributed by atoms with E-state index in [4.69, 9.17) is 4.52 Å². The number of amides is 1. The molecule has 0 bridgehead atoms. The summed E-state index contributed by atoms with van der Waals surface area (Å²) in [5, 5.41) is 6.55. The quantitative estimate of drug-likeness (QED) is 0.740. The zero-order valence-corrected chi connectivity index (χ0v) is 13.3. The van der Waals surface area contributed by atoms with Crippen LogP contribution in [0, 0.1) is 0 Å². The number of halogens is 3. The van der Waals surface area contributed by atoms with Crippen molar-refractivity contribution in [2.75, 3.05) is 0 Å². The van der Waals surface area contributed by atoms with Crippen molar-refractivity contribution >= 4 is 5.91 Å². The number of benzene rings is 2. The van der Waals surface area contributed by atoms with E-state index in [-0.39, 0.29) is 12.1 Å². The summed E-state index contributed by atoms with van der Waals surface area (Å²) in [7, 11) is 0. The van der Waals surface area contributed by atoms with E-state index in [9.17, 15) is 18.0 Å². The van der Waals surface area contributed by atoms with Crippen molar-refractivity contribution < 1.29 is 27.2 Å². The second kappa shape index (κ2) is 7.30. The maximum Gasteiger partial charge on any atom is 0.573 e. The Bertz CT molecular complexity index is 875. The molecule has 1 aromatic heterocycles. The van der Waals surface area contributed by atoms with Gasteiger partial charge in [-0.15, -0.1) is 13.2 Å². The van der Waals surface area contributed by atoms with Gasteiger partial charge in [0.05, 0.1) is 6.54 Å². The van der Waals surface area contributed by atoms with Crippen LogP contribution in [0.5, 0.6) is 5.75 Å². The molecule has 0 aliphatic heterocycles. The Hall–Kier alpha value is -3.29. The summed E-state index contributed by atoms with van der Waals surface area (Å²) in [6.45, 7) is 0.0967. The van der Waals surface area contributed by atoms with E-state index in [1.165, 1.54) is 12.1 Å². The Morgan fingerprint density at radius 1 is 1.08 bits per heavy atom. The third-order valence-electron chi connectivity index (χ3n) is 3.40. The molecule has 0 aliphatic rings. The Balaban J connectivity index is 1.58. The highest BCUT2D eigenvalue weighted by atomic mass is 19.4. The van der Waals surface area contributed by atoms with Gasteiger partial charge in [0.1, 0.15) is 11.4 Å². The summed E-state index contributed by atoms with van der Waals surface area (Å²) in [5.41, 5.74) is 1.72. The van der Waals surface area contributed by atoms with Gasteiger partial charge in [-0.05, 0) is 24.3 Å². The second-order valence-corrected chi connectivity index (χ2v) is 5.30. The third-order valence-corrected chi connectivity index (χ3v) is 3.40. The van der Waals surface area contributed by atoms with Crippen molar-refractivity contribution in [3.63, 3.8) is 0 Å². The second-order valence-electron chi connectivity index (χ2n) is 5.30. The number of hydrogen-bond donors (Lipinski definition) is 1. The standard InChI is InChI=1S/C18H13F3N2O3/c19-18(20,21)25-14-8-6-13(7-9-14)17(24)22-11-15-10-16(23-26-15)12-4-2-1-3-5-12/h1-10H,11H2,(H,22,24). The van der Waals surface area contributed by atoms with E-state index in [0.717, 1.165) is 17.7 Å². The van der Waals surface area contributed by atoms with E-state index in [0.29, 0.717) is 11.5 Å². The Labute approximate surface area is 146 Å². The van der Waals surface area contributed by atoms with Crippen molar-refractivity contribution in [3.05, 3.63) is 72.0 Å². The molecule has 2 aromatic carbocycles. The monoisotopic (exact) mass is 362 g/mol. The molecular weight excluding hydrogens is 349 g/mol. The molecule has 3 aromatic rings. The lowest BCUT2D eigenvalue weighted by molar-refractivity contribution is -0.274. The topological polar surface area (TPSA) is 64.4 Å². The average Bonchev–Trinajstić information content (AvgIpc) is 3.09. The molecule has 8 heteroatoms. The predicted molar refractivity (Wildman–Crippen MR) is 86.2 cm³/mol. The molecule has 0 radical (unpaired) electrons. The predicted octanol–water partition coefficient (Wildman–Crippen LogP) is 4.17. The van der Waals surface area contributed by atoms with E-state index in [1.54, 1.807) is 6.07 Å². The van der Waals surface area contributed by atoms with Gasteiger partial charge in [0.15, 0.2) is 5.76 Å². The lowest BCUT2D eigenvalue weighted by atomic mass is 10.1. The molecule has 3 rings (SSSR count). The summed E-state index contributed by atoms with van der Waals surface area (Å²) >= 11 is 0. The van der Waals surface area contributed by atoms with Gasteiger partial charge in [-0.2, -0.15) is 0 Å². The maximum absolute atomic E-state index is 12.1. The minimum atomic E-state index is -4.77. The van der Waals surface area contributed by atoms with Gasteiger partial charge in [-0.1, -0.05) is 35.5 Å². The summed E-state index contributed by atoms with van der Waals surface area (Å²) in [5.74, 6) is -0.396. The lowest BCUT2D eigenvalue weighted by Crippen LogP contribution is -2.22. The fourth-order valence-corrected chi connectivity index (χ4v) is 2.22. The Kier molecular flexibility index (Phi) is 4.92. The molecule has 0 fully saturated rings. The molecule has 1 heterocycles. The summed E-state index contributed by atoms with van der Waals surface area (Å²) in [6, 6.07) is 15.7. The summed E-state index contributed by atoms with van der Waals surface area (Å²) < 4.78 is 45.3. The number of hydrogen-bond acceptors (Lipinski definition) is 4. The van der Waals surface area contributed by atoms with Gasteiger partial charge < -0.3 is 14.6 Å². The van der Waals surface area contributed by atoms with E-state index in [1.807, 2.05) is 30.3 Å². The van der Waals surface area contributed by atoms with Crippen molar-refractivity contribution in [3.8, 4) is 17.0 Å². The lowest BCUT2D eigenvalue weighted by Gasteiger charge is -2.09. The molecule has 0 saturated carbocycles. The van der Waals surface area contributed by atoms with E-state index < -0.39 is 18.0 Å². The van der Waals surface area contributed by atoms with Crippen LogP contribution < -0.4 is 10.1 Å². The van der Waals surface area contributed by atoms with Crippen molar-refractivity contribution in [2.24, 2.45) is 0 Å². The fraction of sp³-hybridized carbons (Fsp3) is 0.111. The van der Waals surface area contributed by atoms with Crippen LogP contribution in [0.1, 0.15) is 16.1 Å². The highest BCUT2D eigenvalue weighted by molar-refractivity contribution is 5.94. The first-order chi connectivity index (χ1) is 12.4. The average molecular weight is 362 g/mol. The van der Waals surface area contributed by atoms with Gasteiger partial charge in [0, 0.05) is 17.2 Å². The van der Waals surface area contributed by atoms with Crippen LogP contribution in [0.2, 0.25) is 0 Å². The van der Waals surface area contributed by atoms with Crippen molar-refractivity contribution in [2.45, 2.75) is 12.9 Å². The molecule has 0 aliphatic carbocycles. The summed E-state index contributed by atoms with van der Waals surface area (Å²) in [4.78, 5) is 12.1. The number of nitrogens with zero attached hydrogens (tertiary/aromatic N) is 1. The number of ether oxygens (including phenoxy) is 1. The molecule has 0 atom stereocenters. The third kappa shape index (κ3) is 4.62. The molecular formula is C18H13F3N2O3. The minimum absolute atomic E-state index is 0.0967. The SMILES string of the molecule is O=C(NCc1cc(-c2ccccc2)no1)c1ccc(OC(F)(F)F)cc1. The Morgan fingerprint density at radius 3 is 2.42 bits per heavy atom. The highest BCUT2D eigenvalue weighted by Gasteiger charge is 2.31. The number of carbonyl (C=O) groups is 1. The number of rotatable bonds is 5. The molecule has 0 unspecified atom stereocenters. The molecule has 26 heavy (non-hydrogen) atoms. The fourth-order valence-electron chi connectivity index (χ4n) is 2.22. The maximum atomic E-state index is 12.1. The smallest absolute Gasteiger partial charge is 0.406 e. The van der Waals surface area contributed by atoms with Gasteiger partial charge in [-0.3, -0.25) is 4.79 Å². The number of aromatic nitrogens is 1. The highest BCUT2D eigenvalue weighted by Crippen LogP contribution is 2.23. The molecule has 0 spiro atoms. The zero-order valence-electron chi connectivity index (χ0n) is 13.3. The molecule has 0 saturated heterocycles. The van der Waals surface area contributed by atoms with Crippen LogP contribution in [0.4, 0.5) is 13.2 Å². The van der Waals surface area contributed by atoms with Crippen LogP contribution in [0.15, 0.2) is 65.2 Å². The largest absolute Gasteiger partial charge is 0.573 e. The first kappa shape index (κ1) is 17.5. The van der Waals surface area contributed by atoms with E-state index in [2.05, 4.69) is 15.2 Å². The van der Waals surface area contributed by atoms with Crippen molar-refractivity contribution in [1.82, 2.24) is 10.5 Å². The van der Waals surface area contributed by atoms with Gasteiger partial charge in [0.25, 0.3) is 5.91 Å². The van der Waals surface area contributed by atoms with Gasteiger partial charge in [-0.25, -0.2) is 0 Å².